The summed E-state index contributed by atoms with van der Waals surface area (Å²) >= 11 is 0. The first-order chi connectivity index (χ1) is 15.5. The van der Waals surface area contributed by atoms with E-state index in [0.29, 0.717) is 18.7 Å². The number of alkyl carbamates (subject to hydrolysis) is 1. The van der Waals surface area contributed by atoms with E-state index in [1.165, 1.54) is 18.2 Å². The second kappa shape index (κ2) is 14.2. The van der Waals surface area contributed by atoms with Gasteiger partial charge >= 0.3 is 13.9 Å². The Hall–Kier alpha value is -2.13. The number of ether oxygens (including phenoxy) is 1. The van der Waals surface area contributed by atoms with Crippen LogP contribution in [0.2, 0.25) is 0 Å². The predicted octanol–water partition coefficient (Wildman–Crippen LogP) is 4.16. The third-order valence-corrected chi connectivity index (χ3v) is 5.65. The molecular weight excluding hydrogens is 451 g/mol. The average Bonchev–Trinajstić information content (AvgIpc) is 2.72. The van der Waals surface area contributed by atoms with E-state index in [9.17, 15) is 19.3 Å². The van der Waals surface area contributed by atoms with E-state index in [0.717, 1.165) is 19.3 Å². The molecule has 0 heterocycles. The first kappa shape index (κ1) is 28.9. The van der Waals surface area contributed by atoms with Gasteiger partial charge in [0.05, 0.1) is 19.8 Å². The lowest BCUT2D eigenvalue weighted by molar-refractivity contribution is 0.0526. The second-order valence-electron chi connectivity index (χ2n) is 8.10. The monoisotopic (exact) mass is 488 g/mol. The van der Waals surface area contributed by atoms with Crippen LogP contribution in [0.1, 0.15) is 69.8 Å². The molecule has 10 nitrogen and oxygen atoms in total. The van der Waals surface area contributed by atoms with Crippen molar-refractivity contribution in [3.63, 3.8) is 0 Å². The molecule has 188 valence electrons. The molecule has 1 rings (SSSR count). The molecule has 0 saturated carbocycles. The van der Waals surface area contributed by atoms with Crippen LogP contribution >= 0.6 is 7.82 Å². The minimum Gasteiger partial charge on any atom is -0.444 e. The lowest BCUT2D eigenvalue weighted by Gasteiger charge is -2.19. The minimum atomic E-state index is -3.81. The van der Waals surface area contributed by atoms with Crippen molar-refractivity contribution in [1.82, 2.24) is 10.6 Å². The molecule has 0 radical (unpaired) electrons. The van der Waals surface area contributed by atoms with Gasteiger partial charge in [0.15, 0.2) is 0 Å². The Balaban J connectivity index is 2.49. The quantitative estimate of drug-likeness (QED) is 0.263. The zero-order chi connectivity index (χ0) is 24.9. The highest BCUT2D eigenvalue weighted by atomic mass is 31.2. The van der Waals surface area contributed by atoms with E-state index in [2.05, 4.69) is 10.6 Å². The van der Waals surface area contributed by atoms with Gasteiger partial charge in [-0.25, -0.2) is 9.36 Å². The van der Waals surface area contributed by atoms with Gasteiger partial charge in [0.1, 0.15) is 11.4 Å². The van der Waals surface area contributed by atoms with Crippen LogP contribution < -0.4 is 15.2 Å². The van der Waals surface area contributed by atoms with Crippen LogP contribution in [0.5, 0.6) is 5.75 Å². The zero-order valence-electron chi connectivity index (χ0n) is 20.1. The number of amides is 2. The smallest absolute Gasteiger partial charge is 0.444 e. The van der Waals surface area contributed by atoms with Crippen molar-refractivity contribution < 1.29 is 37.6 Å². The molecule has 0 aliphatic carbocycles. The number of carbonyl (C=O) groups is 2. The molecule has 33 heavy (non-hydrogen) atoms. The normalized spacial score (nSPS) is 11.7. The number of carbonyl (C=O) groups excluding carboxylic acids is 2. The van der Waals surface area contributed by atoms with Gasteiger partial charge in [0.2, 0.25) is 0 Å². The van der Waals surface area contributed by atoms with E-state index in [4.69, 9.17) is 18.3 Å². The fourth-order valence-electron chi connectivity index (χ4n) is 2.70. The van der Waals surface area contributed by atoms with E-state index in [-0.39, 0.29) is 30.4 Å². The first-order valence-corrected chi connectivity index (χ1v) is 12.6. The molecule has 0 bridgehead atoms. The summed E-state index contributed by atoms with van der Waals surface area (Å²) in [7, 11) is -3.81. The van der Waals surface area contributed by atoms with Gasteiger partial charge in [-0.2, -0.15) is 0 Å². The SMILES string of the molecule is CCOP(=O)(OCC)Oc1ccc(C(=O)NCCCCCNC(=O)OC(C)(C)C)cc1CO. The largest absolute Gasteiger partial charge is 0.530 e. The highest BCUT2D eigenvalue weighted by Gasteiger charge is 2.28. The van der Waals surface area contributed by atoms with E-state index < -0.39 is 26.1 Å². The molecule has 3 N–H and O–H groups in total. The maximum Gasteiger partial charge on any atom is 0.530 e. The van der Waals surface area contributed by atoms with Crippen LogP contribution in [0.3, 0.4) is 0 Å². The van der Waals surface area contributed by atoms with Crippen molar-refractivity contribution in [3.05, 3.63) is 29.3 Å². The lowest BCUT2D eigenvalue weighted by Crippen LogP contribution is -2.33. The summed E-state index contributed by atoms with van der Waals surface area (Å²) in [5.74, 6) is -0.183. The number of benzene rings is 1. The second-order valence-corrected chi connectivity index (χ2v) is 9.69. The number of phosphoric acid groups is 1. The van der Waals surface area contributed by atoms with Gasteiger partial charge in [-0.3, -0.25) is 13.8 Å². The third-order valence-electron chi connectivity index (χ3n) is 4.08. The van der Waals surface area contributed by atoms with E-state index in [1.807, 2.05) is 0 Å². The van der Waals surface area contributed by atoms with Gasteiger partial charge in [0.25, 0.3) is 5.91 Å². The predicted molar refractivity (Wildman–Crippen MR) is 124 cm³/mol. The Labute approximate surface area is 195 Å². The van der Waals surface area contributed by atoms with Gasteiger partial charge in [-0.1, -0.05) is 0 Å². The zero-order valence-corrected chi connectivity index (χ0v) is 21.0. The molecule has 0 atom stereocenters. The molecule has 0 fully saturated rings. The Morgan fingerprint density at radius 3 is 2.15 bits per heavy atom. The van der Waals surface area contributed by atoms with E-state index in [1.54, 1.807) is 34.6 Å². The molecule has 0 aromatic heterocycles. The molecular formula is C22H37N2O8P. The lowest BCUT2D eigenvalue weighted by atomic mass is 10.1. The minimum absolute atomic E-state index is 0.122. The molecule has 0 aliphatic rings. The van der Waals surface area contributed by atoms with Crippen molar-refractivity contribution >= 4 is 19.8 Å². The van der Waals surface area contributed by atoms with Crippen molar-refractivity contribution in [2.75, 3.05) is 26.3 Å². The maximum atomic E-state index is 12.6. The Morgan fingerprint density at radius 2 is 1.61 bits per heavy atom. The number of unbranched alkanes of at least 4 members (excludes halogenated alkanes) is 2. The Bertz CT molecular complexity index is 800. The van der Waals surface area contributed by atoms with Crippen molar-refractivity contribution in [2.45, 2.75) is 66.1 Å². The highest BCUT2D eigenvalue weighted by molar-refractivity contribution is 7.48. The Morgan fingerprint density at radius 1 is 1.00 bits per heavy atom. The summed E-state index contributed by atoms with van der Waals surface area (Å²) in [6.07, 6.45) is 1.87. The molecule has 0 saturated heterocycles. The number of aliphatic hydroxyl groups excluding tert-OH is 1. The molecule has 2 amide bonds. The topological polar surface area (TPSA) is 132 Å². The number of nitrogens with one attached hydrogen (secondary N) is 2. The first-order valence-electron chi connectivity index (χ1n) is 11.1. The summed E-state index contributed by atoms with van der Waals surface area (Å²) in [4.78, 5) is 24.0. The van der Waals surface area contributed by atoms with E-state index >= 15 is 0 Å². The summed E-state index contributed by atoms with van der Waals surface area (Å²) in [6, 6.07) is 4.43. The Kier molecular flexibility index (Phi) is 12.4. The standard InChI is InChI=1S/C22H37N2O8P/c1-6-29-33(28,30-7-2)32-19-12-11-17(15-18(19)16-25)20(26)23-13-9-8-10-14-24-21(27)31-22(3,4)5/h11-12,15,25H,6-10,13-14,16H2,1-5H3,(H,23,26)(H,24,27). The van der Waals surface area contributed by atoms with Crippen LogP contribution in [-0.2, 0) is 25.0 Å². The average molecular weight is 489 g/mol. The fraction of sp³-hybridized carbons (Fsp3) is 0.636. The number of aliphatic hydroxyl groups is 1. The van der Waals surface area contributed by atoms with Crippen LogP contribution in [0, 0.1) is 0 Å². The van der Waals surface area contributed by atoms with Crippen LogP contribution in [0.4, 0.5) is 4.79 Å². The van der Waals surface area contributed by atoms with Crippen LogP contribution in [0.25, 0.3) is 0 Å². The summed E-state index contributed by atoms with van der Waals surface area (Å²) < 4.78 is 33.3. The summed E-state index contributed by atoms with van der Waals surface area (Å²) in [5, 5.41) is 15.2. The number of hydrogen-bond acceptors (Lipinski definition) is 8. The van der Waals surface area contributed by atoms with Crippen LogP contribution in [0.15, 0.2) is 18.2 Å². The van der Waals surface area contributed by atoms with Gasteiger partial charge < -0.3 is 25.0 Å². The fourth-order valence-corrected chi connectivity index (χ4v) is 3.93. The van der Waals surface area contributed by atoms with Crippen LogP contribution in [-0.4, -0.2) is 49.0 Å². The number of rotatable bonds is 14. The summed E-state index contributed by atoms with van der Waals surface area (Å²) in [5.41, 5.74) is 0.0945. The molecule has 11 heteroatoms. The highest BCUT2D eigenvalue weighted by Crippen LogP contribution is 2.50. The van der Waals surface area contributed by atoms with Crippen molar-refractivity contribution in [1.29, 1.82) is 0 Å². The van der Waals surface area contributed by atoms with Crippen molar-refractivity contribution in [3.8, 4) is 5.75 Å². The van der Waals surface area contributed by atoms with Gasteiger partial charge in [0, 0.05) is 24.2 Å². The molecule has 0 aliphatic heterocycles. The number of hydrogen-bond donors (Lipinski definition) is 3. The van der Waals surface area contributed by atoms with Crippen molar-refractivity contribution in [2.24, 2.45) is 0 Å². The molecule has 1 aromatic rings. The maximum absolute atomic E-state index is 12.6. The van der Waals surface area contributed by atoms with Gasteiger partial charge in [-0.15, -0.1) is 0 Å². The molecule has 1 aromatic carbocycles. The summed E-state index contributed by atoms with van der Waals surface area (Å²) in [6.45, 7) is 9.53. The number of phosphoric ester groups is 1. The third kappa shape index (κ3) is 11.5. The molecule has 0 spiro atoms. The van der Waals surface area contributed by atoms with Gasteiger partial charge in [-0.05, 0) is 72.1 Å². The molecule has 0 unspecified atom stereocenters.